The molecular weight excluding hydrogens is 168 g/mol. The van der Waals surface area contributed by atoms with Gasteiger partial charge in [-0.3, -0.25) is 0 Å². The number of furan rings is 1. The molecule has 72 valence electrons. The summed E-state index contributed by atoms with van der Waals surface area (Å²) >= 11 is 0. The number of rotatable bonds is 3. The molecule has 1 heterocycles. The molecule has 0 saturated carbocycles. The predicted octanol–water partition coefficient (Wildman–Crippen LogP) is 2.63. The van der Waals surface area contributed by atoms with Crippen LogP contribution in [0.25, 0.3) is 0 Å². The Labute approximate surface area is 77.7 Å². The molecule has 13 heavy (non-hydrogen) atoms. The smallest absolute Gasteiger partial charge is 0.341 e. The van der Waals surface area contributed by atoms with Crippen LogP contribution in [0.1, 0.15) is 37.6 Å². The van der Waals surface area contributed by atoms with Crippen LogP contribution in [0, 0.1) is 0 Å². The number of carbonyl (C=O) groups is 1. The summed E-state index contributed by atoms with van der Waals surface area (Å²) in [4.78, 5) is 11.4. The normalized spacial score (nSPS) is 11.3. The molecule has 1 aromatic rings. The fraction of sp³-hybridized carbons (Fsp3) is 0.500. The van der Waals surface area contributed by atoms with Gasteiger partial charge in [-0.2, -0.15) is 0 Å². The Hall–Kier alpha value is -1.25. The van der Waals surface area contributed by atoms with Gasteiger partial charge < -0.3 is 9.15 Å². The summed E-state index contributed by atoms with van der Waals surface area (Å²) in [5, 5.41) is 0. The molecule has 0 aliphatic heterocycles. The Morgan fingerprint density at radius 2 is 2.31 bits per heavy atom. The first-order valence-electron chi connectivity index (χ1n) is 4.31. The average Bonchev–Trinajstić information content (AvgIpc) is 2.55. The lowest BCUT2D eigenvalue weighted by molar-refractivity contribution is -0.00249. The summed E-state index contributed by atoms with van der Waals surface area (Å²) in [7, 11) is 0. The molecule has 0 amide bonds. The molecule has 0 fully saturated rings. The molecule has 0 spiro atoms. The van der Waals surface area contributed by atoms with Gasteiger partial charge in [0.15, 0.2) is 0 Å². The fourth-order valence-electron chi connectivity index (χ4n) is 0.763. The molecule has 3 heteroatoms. The minimum absolute atomic E-state index is 0.333. The van der Waals surface area contributed by atoms with E-state index in [4.69, 9.17) is 9.15 Å². The minimum Gasteiger partial charge on any atom is -0.472 e. The molecule has 1 rings (SSSR count). The second kappa shape index (κ2) is 3.64. The van der Waals surface area contributed by atoms with E-state index < -0.39 is 5.60 Å². The van der Waals surface area contributed by atoms with Gasteiger partial charge in [-0.15, -0.1) is 0 Å². The highest BCUT2D eigenvalue weighted by Crippen LogP contribution is 2.16. The Bertz CT molecular complexity index is 272. The lowest BCUT2D eigenvalue weighted by atomic mass is 10.1. The zero-order chi connectivity index (χ0) is 9.90. The topological polar surface area (TPSA) is 39.4 Å². The lowest BCUT2D eigenvalue weighted by Crippen LogP contribution is -2.26. The summed E-state index contributed by atoms with van der Waals surface area (Å²) in [5.41, 5.74) is 0.0514. The van der Waals surface area contributed by atoms with Crippen molar-refractivity contribution < 1.29 is 13.9 Å². The van der Waals surface area contributed by atoms with E-state index in [2.05, 4.69) is 0 Å². The second-order valence-corrected chi connectivity index (χ2v) is 3.51. The first-order chi connectivity index (χ1) is 6.05. The van der Waals surface area contributed by atoms with Gasteiger partial charge >= 0.3 is 5.97 Å². The average molecular weight is 182 g/mol. The third kappa shape index (κ3) is 2.61. The maximum Gasteiger partial charge on any atom is 0.341 e. The van der Waals surface area contributed by atoms with Gasteiger partial charge in [0.25, 0.3) is 0 Å². The highest BCUT2D eigenvalue weighted by molar-refractivity contribution is 5.89. The summed E-state index contributed by atoms with van der Waals surface area (Å²) in [5.74, 6) is -0.333. The van der Waals surface area contributed by atoms with Crippen molar-refractivity contribution in [2.24, 2.45) is 0 Å². The Balaban J connectivity index is 2.61. The van der Waals surface area contributed by atoms with Crippen molar-refractivity contribution in [3.8, 4) is 0 Å². The molecule has 0 saturated heterocycles. The van der Waals surface area contributed by atoms with Crippen molar-refractivity contribution in [2.45, 2.75) is 32.8 Å². The van der Waals surface area contributed by atoms with Crippen molar-refractivity contribution in [3.05, 3.63) is 24.2 Å². The van der Waals surface area contributed by atoms with E-state index in [0.717, 1.165) is 6.42 Å². The highest BCUT2D eigenvalue weighted by Gasteiger charge is 2.21. The summed E-state index contributed by atoms with van der Waals surface area (Å²) in [6, 6.07) is 1.59. The molecule has 0 radical (unpaired) electrons. The van der Waals surface area contributed by atoms with Crippen molar-refractivity contribution in [1.29, 1.82) is 0 Å². The van der Waals surface area contributed by atoms with Crippen LogP contribution in [-0.2, 0) is 4.74 Å². The van der Waals surface area contributed by atoms with E-state index in [-0.39, 0.29) is 5.97 Å². The SMILES string of the molecule is CCC(C)(C)OC(=O)c1ccoc1. The maximum absolute atomic E-state index is 11.4. The Morgan fingerprint density at radius 1 is 1.62 bits per heavy atom. The van der Waals surface area contributed by atoms with Crippen molar-refractivity contribution >= 4 is 5.97 Å². The zero-order valence-electron chi connectivity index (χ0n) is 8.16. The minimum atomic E-state index is -0.408. The van der Waals surface area contributed by atoms with Crippen LogP contribution in [-0.4, -0.2) is 11.6 Å². The van der Waals surface area contributed by atoms with Gasteiger partial charge in [-0.05, 0) is 26.3 Å². The van der Waals surface area contributed by atoms with E-state index in [1.165, 1.54) is 12.5 Å². The summed E-state index contributed by atoms with van der Waals surface area (Å²) in [6.45, 7) is 5.73. The predicted molar refractivity (Wildman–Crippen MR) is 48.5 cm³/mol. The van der Waals surface area contributed by atoms with Crippen LogP contribution in [0.5, 0.6) is 0 Å². The van der Waals surface area contributed by atoms with Crippen LogP contribution in [0.3, 0.4) is 0 Å². The molecule has 0 aliphatic carbocycles. The van der Waals surface area contributed by atoms with Gasteiger partial charge in [0, 0.05) is 0 Å². The van der Waals surface area contributed by atoms with Crippen LogP contribution in [0.2, 0.25) is 0 Å². The van der Waals surface area contributed by atoms with Crippen LogP contribution in [0.15, 0.2) is 23.0 Å². The third-order valence-corrected chi connectivity index (χ3v) is 1.98. The molecule has 0 aromatic carbocycles. The highest BCUT2D eigenvalue weighted by atomic mass is 16.6. The van der Waals surface area contributed by atoms with Crippen molar-refractivity contribution in [1.82, 2.24) is 0 Å². The molecule has 1 aromatic heterocycles. The summed E-state index contributed by atoms with van der Waals surface area (Å²) < 4.78 is 10.0. The van der Waals surface area contributed by atoms with Gasteiger partial charge in [0.05, 0.1) is 11.8 Å². The Morgan fingerprint density at radius 3 is 2.77 bits per heavy atom. The molecule has 0 bridgehead atoms. The van der Waals surface area contributed by atoms with E-state index in [9.17, 15) is 4.79 Å². The van der Waals surface area contributed by atoms with Crippen molar-refractivity contribution in [2.75, 3.05) is 0 Å². The van der Waals surface area contributed by atoms with Crippen LogP contribution in [0.4, 0.5) is 0 Å². The number of hydrogen-bond acceptors (Lipinski definition) is 3. The standard InChI is InChI=1S/C10H14O3/c1-4-10(2,3)13-9(11)8-5-6-12-7-8/h5-7H,4H2,1-3H3. The van der Waals surface area contributed by atoms with Gasteiger partial charge in [-0.25, -0.2) is 4.79 Å². The van der Waals surface area contributed by atoms with E-state index in [1.54, 1.807) is 6.07 Å². The molecule has 0 N–H and O–H groups in total. The van der Waals surface area contributed by atoms with Crippen LogP contribution >= 0.6 is 0 Å². The number of ether oxygens (including phenoxy) is 1. The zero-order valence-corrected chi connectivity index (χ0v) is 8.16. The third-order valence-electron chi connectivity index (χ3n) is 1.98. The number of esters is 1. The number of hydrogen-bond donors (Lipinski definition) is 0. The first kappa shape index (κ1) is 9.84. The van der Waals surface area contributed by atoms with Crippen LogP contribution < -0.4 is 0 Å². The van der Waals surface area contributed by atoms with E-state index >= 15 is 0 Å². The molecule has 0 atom stereocenters. The van der Waals surface area contributed by atoms with Crippen molar-refractivity contribution in [3.63, 3.8) is 0 Å². The quantitative estimate of drug-likeness (QED) is 0.674. The van der Waals surface area contributed by atoms with Gasteiger partial charge in [0.1, 0.15) is 11.9 Å². The molecular formula is C10H14O3. The fourth-order valence-corrected chi connectivity index (χ4v) is 0.763. The van der Waals surface area contributed by atoms with E-state index in [1.807, 2.05) is 20.8 Å². The molecule has 0 aliphatic rings. The Kier molecular flexibility index (Phi) is 2.76. The van der Waals surface area contributed by atoms with Gasteiger partial charge in [-0.1, -0.05) is 6.92 Å². The first-order valence-corrected chi connectivity index (χ1v) is 4.31. The molecule has 0 unspecified atom stereocenters. The van der Waals surface area contributed by atoms with Gasteiger partial charge in [0.2, 0.25) is 0 Å². The summed E-state index contributed by atoms with van der Waals surface area (Å²) in [6.07, 6.45) is 3.63. The molecule has 3 nitrogen and oxygen atoms in total. The second-order valence-electron chi connectivity index (χ2n) is 3.51. The number of carbonyl (C=O) groups excluding carboxylic acids is 1. The maximum atomic E-state index is 11.4. The monoisotopic (exact) mass is 182 g/mol. The lowest BCUT2D eigenvalue weighted by Gasteiger charge is -2.22. The van der Waals surface area contributed by atoms with E-state index in [0.29, 0.717) is 5.56 Å². The largest absolute Gasteiger partial charge is 0.472 e.